The number of esters is 1. The van der Waals surface area contributed by atoms with Crippen molar-refractivity contribution in [1.29, 1.82) is 5.26 Å². The van der Waals surface area contributed by atoms with Gasteiger partial charge in [-0.2, -0.15) is 5.26 Å². The fourth-order valence-corrected chi connectivity index (χ4v) is 3.51. The van der Waals surface area contributed by atoms with Crippen molar-refractivity contribution in [2.24, 2.45) is 5.73 Å². The van der Waals surface area contributed by atoms with Crippen molar-refractivity contribution in [3.8, 4) is 17.6 Å². The number of halogens is 1. The van der Waals surface area contributed by atoms with Crippen molar-refractivity contribution in [2.45, 2.75) is 5.92 Å². The Kier molecular flexibility index (Phi) is 5.50. The molecule has 1 atom stereocenters. The van der Waals surface area contributed by atoms with Crippen LogP contribution in [-0.4, -0.2) is 10.9 Å². The number of carbonyl (C=O) groups excluding carboxylic acids is 1. The Morgan fingerprint density at radius 2 is 1.81 bits per heavy atom. The molecule has 158 valence electrons. The molecule has 0 spiro atoms. The van der Waals surface area contributed by atoms with Crippen LogP contribution in [0.4, 0.5) is 5.69 Å². The van der Waals surface area contributed by atoms with Gasteiger partial charge in [0.1, 0.15) is 23.1 Å². The molecular weight excluding hydrogens is 434 g/mol. The Hall–Kier alpha value is -4.35. The number of nitriles is 1. The van der Waals surface area contributed by atoms with E-state index in [4.69, 9.17) is 26.8 Å². The standard InChI is InChI=1S/C23H14ClN3O5/c24-15-5-1-14(2-6-15)23(28)31-17-9-10-18-20(11-17)32-22(26)19(12-25)21(18)13-3-7-16(8-4-13)27(29)30/h1-11,21H,26H2. The maximum absolute atomic E-state index is 12.4. The van der Waals surface area contributed by atoms with Gasteiger partial charge in [-0.05, 0) is 35.9 Å². The normalized spacial score (nSPS) is 14.7. The third-order valence-electron chi connectivity index (χ3n) is 4.92. The molecule has 0 aromatic heterocycles. The van der Waals surface area contributed by atoms with E-state index in [0.717, 1.165) is 0 Å². The van der Waals surface area contributed by atoms with Gasteiger partial charge in [0.15, 0.2) is 0 Å². The molecule has 1 aliphatic heterocycles. The van der Waals surface area contributed by atoms with Crippen LogP contribution in [0, 0.1) is 21.4 Å². The summed E-state index contributed by atoms with van der Waals surface area (Å²) in [4.78, 5) is 22.8. The van der Waals surface area contributed by atoms with E-state index >= 15 is 0 Å². The number of nitro groups is 1. The molecule has 1 heterocycles. The van der Waals surface area contributed by atoms with Crippen LogP contribution in [0.3, 0.4) is 0 Å². The second kappa shape index (κ2) is 8.41. The molecule has 8 nitrogen and oxygen atoms in total. The summed E-state index contributed by atoms with van der Waals surface area (Å²) in [5, 5.41) is 21.1. The lowest BCUT2D eigenvalue weighted by Gasteiger charge is -2.26. The zero-order chi connectivity index (χ0) is 22.8. The molecule has 0 saturated heterocycles. The van der Waals surface area contributed by atoms with Crippen LogP contribution in [0.25, 0.3) is 0 Å². The average molecular weight is 448 g/mol. The zero-order valence-electron chi connectivity index (χ0n) is 16.3. The van der Waals surface area contributed by atoms with Gasteiger partial charge >= 0.3 is 5.97 Å². The van der Waals surface area contributed by atoms with Gasteiger partial charge in [-0.1, -0.05) is 29.8 Å². The average Bonchev–Trinajstić information content (AvgIpc) is 2.78. The smallest absolute Gasteiger partial charge is 0.343 e. The molecule has 1 aliphatic rings. The Bertz CT molecular complexity index is 1290. The summed E-state index contributed by atoms with van der Waals surface area (Å²) in [7, 11) is 0. The van der Waals surface area contributed by atoms with Crippen LogP contribution in [0.1, 0.15) is 27.4 Å². The SMILES string of the molecule is N#CC1=C(N)Oc2cc(OC(=O)c3ccc(Cl)cc3)ccc2C1c1ccc([N+](=O)[O-])cc1. The van der Waals surface area contributed by atoms with Gasteiger partial charge in [-0.3, -0.25) is 10.1 Å². The highest BCUT2D eigenvalue weighted by molar-refractivity contribution is 6.30. The number of fused-ring (bicyclic) bond motifs is 1. The summed E-state index contributed by atoms with van der Waals surface area (Å²) in [6, 6.07) is 18.9. The summed E-state index contributed by atoms with van der Waals surface area (Å²) in [6.45, 7) is 0. The van der Waals surface area contributed by atoms with Gasteiger partial charge in [0.05, 0.1) is 16.4 Å². The van der Waals surface area contributed by atoms with Gasteiger partial charge in [0.25, 0.3) is 5.69 Å². The van der Waals surface area contributed by atoms with Gasteiger partial charge in [-0.15, -0.1) is 0 Å². The van der Waals surface area contributed by atoms with Crippen molar-refractivity contribution < 1.29 is 19.2 Å². The molecular formula is C23H14ClN3O5. The lowest BCUT2D eigenvalue weighted by atomic mass is 9.83. The highest BCUT2D eigenvalue weighted by Gasteiger charge is 2.31. The molecule has 3 aromatic carbocycles. The summed E-state index contributed by atoms with van der Waals surface area (Å²) in [5.74, 6) is -0.730. The maximum atomic E-state index is 12.4. The van der Waals surface area contributed by atoms with E-state index in [1.54, 1.807) is 48.5 Å². The van der Waals surface area contributed by atoms with Gasteiger partial charge in [0.2, 0.25) is 5.88 Å². The first kappa shape index (κ1) is 20.9. The number of hydrogen-bond acceptors (Lipinski definition) is 7. The molecule has 1 unspecified atom stereocenters. The van der Waals surface area contributed by atoms with Crippen molar-refractivity contribution in [2.75, 3.05) is 0 Å². The maximum Gasteiger partial charge on any atom is 0.343 e. The number of nitro benzene ring substituents is 1. The number of nitrogens with zero attached hydrogens (tertiary/aromatic N) is 2. The molecule has 0 aliphatic carbocycles. The molecule has 3 aromatic rings. The monoisotopic (exact) mass is 447 g/mol. The Morgan fingerprint density at radius 1 is 1.12 bits per heavy atom. The third-order valence-corrected chi connectivity index (χ3v) is 5.17. The van der Waals surface area contributed by atoms with Gasteiger partial charge < -0.3 is 15.2 Å². The number of allylic oxidation sites excluding steroid dienone is 1. The summed E-state index contributed by atoms with van der Waals surface area (Å²) >= 11 is 5.84. The number of benzene rings is 3. The second-order valence-corrected chi connectivity index (χ2v) is 7.31. The summed E-state index contributed by atoms with van der Waals surface area (Å²) in [6.07, 6.45) is 0. The summed E-state index contributed by atoms with van der Waals surface area (Å²) in [5.41, 5.74) is 7.64. The quantitative estimate of drug-likeness (QED) is 0.266. The predicted octanol–water partition coefficient (Wildman–Crippen LogP) is 4.69. The number of nitrogens with two attached hydrogens (primary N) is 1. The highest BCUT2D eigenvalue weighted by atomic mass is 35.5. The van der Waals surface area contributed by atoms with Crippen LogP contribution < -0.4 is 15.2 Å². The van der Waals surface area contributed by atoms with E-state index in [9.17, 15) is 20.2 Å². The summed E-state index contributed by atoms with van der Waals surface area (Å²) < 4.78 is 11.0. The van der Waals surface area contributed by atoms with Gasteiger partial charge in [-0.25, -0.2) is 4.79 Å². The first-order chi connectivity index (χ1) is 15.4. The minimum absolute atomic E-state index is 0.0686. The van der Waals surface area contributed by atoms with E-state index in [1.807, 2.05) is 0 Å². The molecule has 2 N–H and O–H groups in total. The number of non-ortho nitro benzene ring substituents is 1. The molecule has 0 bridgehead atoms. The number of carbonyl (C=O) groups is 1. The minimum Gasteiger partial charge on any atom is -0.440 e. The van der Waals surface area contributed by atoms with E-state index in [-0.39, 0.29) is 22.9 Å². The first-order valence-corrected chi connectivity index (χ1v) is 9.69. The van der Waals surface area contributed by atoms with Crippen LogP contribution in [0.15, 0.2) is 78.2 Å². The largest absolute Gasteiger partial charge is 0.440 e. The number of hydrogen-bond donors (Lipinski definition) is 1. The van der Waals surface area contributed by atoms with E-state index in [0.29, 0.717) is 27.5 Å². The number of rotatable bonds is 4. The Balaban J connectivity index is 1.68. The van der Waals surface area contributed by atoms with Crippen LogP contribution in [0.5, 0.6) is 11.5 Å². The van der Waals surface area contributed by atoms with Crippen LogP contribution >= 0.6 is 11.6 Å². The fourth-order valence-electron chi connectivity index (χ4n) is 3.38. The van der Waals surface area contributed by atoms with Crippen molar-refractivity contribution in [1.82, 2.24) is 0 Å². The van der Waals surface area contributed by atoms with E-state index < -0.39 is 16.8 Å². The Morgan fingerprint density at radius 3 is 2.44 bits per heavy atom. The second-order valence-electron chi connectivity index (χ2n) is 6.87. The highest BCUT2D eigenvalue weighted by Crippen LogP contribution is 2.43. The molecule has 9 heteroatoms. The molecule has 0 radical (unpaired) electrons. The van der Waals surface area contributed by atoms with Crippen molar-refractivity contribution >= 4 is 23.3 Å². The lowest BCUT2D eigenvalue weighted by Crippen LogP contribution is -2.21. The molecule has 4 rings (SSSR count). The lowest BCUT2D eigenvalue weighted by molar-refractivity contribution is -0.384. The fraction of sp³-hybridized carbons (Fsp3) is 0.0435. The molecule has 0 amide bonds. The number of ether oxygens (including phenoxy) is 2. The van der Waals surface area contributed by atoms with E-state index in [2.05, 4.69) is 6.07 Å². The molecule has 0 fully saturated rings. The van der Waals surface area contributed by atoms with E-state index in [1.165, 1.54) is 18.2 Å². The topological polar surface area (TPSA) is 128 Å². The zero-order valence-corrected chi connectivity index (χ0v) is 17.1. The van der Waals surface area contributed by atoms with Crippen molar-refractivity contribution in [3.63, 3.8) is 0 Å². The van der Waals surface area contributed by atoms with Crippen LogP contribution in [0.2, 0.25) is 5.02 Å². The minimum atomic E-state index is -0.592. The molecule has 32 heavy (non-hydrogen) atoms. The predicted molar refractivity (Wildman–Crippen MR) is 115 cm³/mol. The van der Waals surface area contributed by atoms with Gasteiger partial charge in [0, 0.05) is 28.8 Å². The molecule has 0 saturated carbocycles. The Labute approximate surface area is 187 Å². The third kappa shape index (κ3) is 3.97. The first-order valence-electron chi connectivity index (χ1n) is 9.31. The van der Waals surface area contributed by atoms with Crippen LogP contribution in [-0.2, 0) is 0 Å². The van der Waals surface area contributed by atoms with Crippen molar-refractivity contribution in [3.05, 3.63) is 110 Å².